The largest absolute Gasteiger partial charge is 0.292 e. The molecule has 0 aliphatic rings. The number of rotatable bonds is 5. The SMILES string of the molecule is c1ccc(-c2nc3c4ccccc4c4ccccc4c3n2-c2ccc(-c3nc(-c4cccc5c4sc4ccccc45)nc(-c4cccc5c4sc4ccccc45)n3)cc2)cc1. The lowest BCUT2D eigenvalue weighted by molar-refractivity contribution is 1.07. The third-order valence-corrected chi connectivity index (χ3v) is 14.3. The van der Waals surface area contributed by atoms with Crippen LogP contribution in [0.4, 0.5) is 0 Å². The average Bonchev–Trinajstić information content (AvgIpc) is 4.04. The van der Waals surface area contributed by atoms with Crippen molar-refractivity contribution in [2.24, 2.45) is 0 Å². The van der Waals surface area contributed by atoms with Crippen LogP contribution in [0.3, 0.4) is 0 Å². The minimum absolute atomic E-state index is 0.623. The number of imidazole rings is 1. The highest BCUT2D eigenvalue weighted by molar-refractivity contribution is 7.26. The van der Waals surface area contributed by atoms with Gasteiger partial charge < -0.3 is 0 Å². The van der Waals surface area contributed by atoms with Gasteiger partial charge in [-0.3, -0.25) is 4.57 Å². The van der Waals surface area contributed by atoms with Crippen LogP contribution in [0.5, 0.6) is 0 Å². The van der Waals surface area contributed by atoms with Crippen molar-refractivity contribution >= 4 is 95.6 Å². The molecule has 0 radical (unpaired) electrons. The summed E-state index contributed by atoms with van der Waals surface area (Å²) in [5.41, 5.74) is 7.02. The van der Waals surface area contributed by atoms with E-state index in [0.717, 1.165) is 55.6 Å². The number of hydrogen-bond acceptors (Lipinski definition) is 6. The third kappa shape index (κ3) is 5.31. The molecule has 0 aliphatic carbocycles. The van der Waals surface area contributed by atoms with Crippen LogP contribution in [0.25, 0.3) is 124 Å². The predicted octanol–water partition coefficient (Wildman–Crippen LogP) is 14.9. The maximum Gasteiger partial charge on any atom is 0.165 e. The van der Waals surface area contributed by atoms with Gasteiger partial charge in [0.2, 0.25) is 0 Å². The van der Waals surface area contributed by atoms with Gasteiger partial charge >= 0.3 is 0 Å². The van der Waals surface area contributed by atoms with Crippen molar-refractivity contribution in [3.63, 3.8) is 0 Å². The quantitative estimate of drug-likeness (QED) is 0.162. The average molecular weight is 814 g/mol. The number of benzene rings is 9. The number of fused-ring (bicyclic) bond motifs is 12. The summed E-state index contributed by atoms with van der Waals surface area (Å²) >= 11 is 3.57. The van der Waals surface area contributed by atoms with Crippen molar-refractivity contribution in [2.45, 2.75) is 0 Å². The zero-order chi connectivity index (χ0) is 40.0. The van der Waals surface area contributed by atoms with Crippen LogP contribution in [0.2, 0.25) is 0 Å². The Morgan fingerprint density at radius 1 is 0.328 bits per heavy atom. The fraction of sp³-hybridized carbons (Fsp3) is 0. The zero-order valence-electron chi connectivity index (χ0n) is 32.5. The van der Waals surface area contributed by atoms with Crippen LogP contribution in [0.15, 0.2) is 188 Å². The Bertz CT molecular complexity index is 3750. The summed E-state index contributed by atoms with van der Waals surface area (Å²) in [6.45, 7) is 0. The molecule has 4 heterocycles. The Morgan fingerprint density at radius 2 is 0.803 bits per heavy atom. The van der Waals surface area contributed by atoms with E-state index in [-0.39, 0.29) is 0 Å². The van der Waals surface area contributed by atoms with Crippen molar-refractivity contribution in [2.75, 3.05) is 0 Å². The summed E-state index contributed by atoms with van der Waals surface area (Å²) in [6.07, 6.45) is 0. The number of nitrogens with zero attached hydrogens (tertiary/aromatic N) is 5. The molecular formula is C54H31N5S2. The van der Waals surface area contributed by atoms with Gasteiger partial charge in [0.1, 0.15) is 5.82 Å². The van der Waals surface area contributed by atoms with E-state index >= 15 is 0 Å². The van der Waals surface area contributed by atoms with Gasteiger partial charge in [0.15, 0.2) is 17.5 Å². The molecule has 0 bridgehead atoms. The molecule has 0 amide bonds. The lowest BCUT2D eigenvalue weighted by Crippen LogP contribution is -2.01. The second kappa shape index (κ2) is 13.5. The molecule has 0 N–H and O–H groups in total. The fourth-order valence-electron chi connectivity index (χ4n) is 9.09. The van der Waals surface area contributed by atoms with E-state index in [9.17, 15) is 0 Å². The molecular weight excluding hydrogens is 783 g/mol. The van der Waals surface area contributed by atoms with Crippen molar-refractivity contribution in [3.8, 4) is 51.2 Å². The molecule has 284 valence electrons. The first-order valence-corrected chi connectivity index (χ1v) is 21.9. The van der Waals surface area contributed by atoms with Gasteiger partial charge in [-0.15, -0.1) is 22.7 Å². The van der Waals surface area contributed by atoms with Crippen molar-refractivity contribution < 1.29 is 0 Å². The minimum atomic E-state index is 0.623. The third-order valence-electron chi connectivity index (χ3n) is 11.9. The van der Waals surface area contributed by atoms with Crippen molar-refractivity contribution in [1.29, 1.82) is 0 Å². The Morgan fingerprint density at radius 3 is 1.41 bits per heavy atom. The van der Waals surface area contributed by atoms with Crippen molar-refractivity contribution in [1.82, 2.24) is 24.5 Å². The maximum absolute atomic E-state index is 5.42. The van der Waals surface area contributed by atoms with E-state index in [1.54, 1.807) is 22.7 Å². The molecule has 0 fully saturated rings. The smallest absolute Gasteiger partial charge is 0.165 e. The second-order valence-electron chi connectivity index (χ2n) is 15.3. The molecule has 9 aromatic carbocycles. The first-order valence-electron chi connectivity index (χ1n) is 20.3. The summed E-state index contributed by atoms with van der Waals surface area (Å²) in [5, 5.41) is 9.60. The molecule has 4 aromatic heterocycles. The van der Waals surface area contributed by atoms with Crippen LogP contribution < -0.4 is 0 Å². The van der Waals surface area contributed by atoms with Crippen LogP contribution in [0, 0.1) is 0 Å². The first-order chi connectivity index (χ1) is 30.2. The van der Waals surface area contributed by atoms with Gasteiger partial charge in [-0.05, 0) is 59.3 Å². The molecule has 13 rings (SSSR count). The molecule has 0 saturated carbocycles. The summed E-state index contributed by atoms with van der Waals surface area (Å²) in [5.74, 6) is 2.83. The molecule has 13 aromatic rings. The van der Waals surface area contributed by atoms with Crippen molar-refractivity contribution in [3.05, 3.63) is 188 Å². The molecule has 0 spiro atoms. The van der Waals surface area contributed by atoms with Crippen LogP contribution in [-0.4, -0.2) is 24.5 Å². The van der Waals surface area contributed by atoms with Crippen LogP contribution in [0.1, 0.15) is 0 Å². The second-order valence-corrected chi connectivity index (χ2v) is 17.4. The van der Waals surface area contributed by atoms with Gasteiger partial charge in [0.05, 0.1) is 11.0 Å². The monoisotopic (exact) mass is 813 g/mol. The Labute approximate surface area is 357 Å². The van der Waals surface area contributed by atoms with Gasteiger partial charge in [0.25, 0.3) is 0 Å². The Balaban J connectivity index is 1.04. The normalized spacial score (nSPS) is 11.9. The molecule has 0 aliphatic heterocycles. The Hall–Kier alpha value is -7.58. The fourth-order valence-corrected chi connectivity index (χ4v) is 11.5. The summed E-state index contributed by atoms with van der Waals surface area (Å²) in [7, 11) is 0. The molecule has 0 atom stereocenters. The van der Waals surface area contributed by atoms with Crippen LogP contribution in [-0.2, 0) is 0 Å². The number of aromatic nitrogens is 5. The zero-order valence-corrected chi connectivity index (χ0v) is 34.1. The topological polar surface area (TPSA) is 56.5 Å². The predicted molar refractivity (Wildman–Crippen MR) is 257 cm³/mol. The Kier molecular flexibility index (Phi) is 7.58. The molecule has 7 heteroatoms. The molecule has 0 unspecified atom stereocenters. The van der Waals surface area contributed by atoms with E-state index in [1.165, 1.54) is 51.1 Å². The van der Waals surface area contributed by atoms with Gasteiger partial charge in [-0.1, -0.05) is 140 Å². The summed E-state index contributed by atoms with van der Waals surface area (Å²) in [6, 6.07) is 66.5. The molecule has 0 saturated heterocycles. The van der Waals surface area contributed by atoms with E-state index in [1.807, 2.05) is 0 Å². The summed E-state index contributed by atoms with van der Waals surface area (Å²) in [4.78, 5) is 21.3. The van der Waals surface area contributed by atoms with Gasteiger partial charge in [-0.2, -0.15) is 0 Å². The van der Waals surface area contributed by atoms with Gasteiger partial charge in [0, 0.05) is 79.1 Å². The maximum atomic E-state index is 5.42. The standard InChI is InChI=1S/C54H31N5S2/c1-2-14-33(15-3-1)54-55-47-39-20-6-4-16-35(39)36-17-5-7-21-40(36)48(47)59(54)34-30-28-32(29-31-34)51-56-52(43-24-12-22-41-37-18-8-10-26-45(37)60-49(41)43)58-53(57-51)44-25-13-23-42-38-19-9-11-27-46(38)61-50(42)44/h1-31H. The highest BCUT2D eigenvalue weighted by Crippen LogP contribution is 2.43. The molecule has 61 heavy (non-hydrogen) atoms. The van der Waals surface area contributed by atoms with E-state index in [0.29, 0.717) is 17.5 Å². The molecule has 5 nitrogen and oxygen atoms in total. The number of hydrogen-bond donors (Lipinski definition) is 0. The lowest BCUT2D eigenvalue weighted by Gasteiger charge is -2.13. The highest BCUT2D eigenvalue weighted by atomic mass is 32.1. The minimum Gasteiger partial charge on any atom is -0.292 e. The van der Waals surface area contributed by atoms with E-state index < -0.39 is 0 Å². The van der Waals surface area contributed by atoms with E-state index in [2.05, 4.69) is 193 Å². The van der Waals surface area contributed by atoms with Crippen LogP contribution >= 0.6 is 22.7 Å². The lowest BCUT2D eigenvalue weighted by atomic mass is 10.00. The first kappa shape index (κ1) is 34.3. The number of thiophene rings is 2. The van der Waals surface area contributed by atoms with Gasteiger partial charge in [-0.25, -0.2) is 19.9 Å². The highest BCUT2D eigenvalue weighted by Gasteiger charge is 2.22. The summed E-state index contributed by atoms with van der Waals surface area (Å²) < 4.78 is 7.14. The van der Waals surface area contributed by atoms with E-state index in [4.69, 9.17) is 19.9 Å².